The Morgan fingerprint density at radius 1 is 1.22 bits per heavy atom. The SMILES string of the molecule is Cn1c(=O)c2c(-c3cccc(F)c3)n3c(c2n(C)c1=O)[C@@H](c1ccc(Cl)o1)S[C@@H](CO)C3. The summed E-state index contributed by atoms with van der Waals surface area (Å²) in [4.78, 5) is 26.2. The molecule has 32 heavy (non-hydrogen) atoms. The Labute approximate surface area is 190 Å². The molecule has 1 aliphatic rings. The lowest BCUT2D eigenvalue weighted by atomic mass is 10.1. The van der Waals surface area contributed by atoms with Gasteiger partial charge in [-0.2, -0.15) is 0 Å². The van der Waals surface area contributed by atoms with Crippen molar-refractivity contribution in [2.24, 2.45) is 14.1 Å². The second-order valence-electron chi connectivity index (χ2n) is 7.75. The monoisotopic (exact) mass is 475 g/mol. The van der Waals surface area contributed by atoms with E-state index in [-0.39, 0.29) is 17.1 Å². The number of rotatable bonds is 3. The number of nitrogens with zero attached hydrogens (tertiary/aromatic N) is 3. The molecule has 0 fully saturated rings. The molecule has 0 unspecified atom stereocenters. The van der Waals surface area contributed by atoms with Crippen molar-refractivity contribution in [2.75, 3.05) is 6.61 Å². The van der Waals surface area contributed by atoms with Crippen molar-refractivity contribution in [3.05, 3.63) is 79.7 Å². The maximum Gasteiger partial charge on any atom is 0.331 e. The van der Waals surface area contributed by atoms with Gasteiger partial charge in [0.1, 0.15) is 16.8 Å². The maximum atomic E-state index is 14.2. The normalized spacial score (nSPS) is 18.3. The summed E-state index contributed by atoms with van der Waals surface area (Å²) in [6.45, 7) is 0.266. The van der Waals surface area contributed by atoms with E-state index in [2.05, 4.69) is 0 Å². The van der Waals surface area contributed by atoms with Gasteiger partial charge in [0.15, 0.2) is 5.22 Å². The summed E-state index contributed by atoms with van der Waals surface area (Å²) in [5.74, 6) is 0.101. The summed E-state index contributed by atoms with van der Waals surface area (Å²) in [5.41, 5.74) is 1.22. The van der Waals surface area contributed by atoms with Crippen LogP contribution >= 0.6 is 23.4 Å². The summed E-state index contributed by atoms with van der Waals surface area (Å²) in [6, 6.07) is 9.36. The lowest BCUT2D eigenvalue weighted by Crippen LogP contribution is -2.37. The molecule has 2 atom stereocenters. The van der Waals surface area contributed by atoms with Crippen molar-refractivity contribution in [1.29, 1.82) is 0 Å². The molecular formula is C22H19ClFN3O4S. The van der Waals surface area contributed by atoms with E-state index in [1.807, 2.05) is 4.57 Å². The maximum absolute atomic E-state index is 14.2. The van der Waals surface area contributed by atoms with Crippen LogP contribution < -0.4 is 11.2 Å². The Bertz CT molecular complexity index is 1490. The van der Waals surface area contributed by atoms with E-state index >= 15 is 0 Å². The van der Waals surface area contributed by atoms with Gasteiger partial charge >= 0.3 is 5.69 Å². The molecule has 0 radical (unpaired) electrons. The van der Waals surface area contributed by atoms with E-state index in [1.165, 1.54) is 35.5 Å². The molecule has 1 aromatic carbocycles. The first-order chi connectivity index (χ1) is 15.3. The van der Waals surface area contributed by atoms with Crippen molar-refractivity contribution in [3.8, 4) is 11.3 Å². The van der Waals surface area contributed by atoms with Crippen molar-refractivity contribution in [2.45, 2.75) is 17.0 Å². The number of aromatic nitrogens is 3. The van der Waals surface area contributed by atoms with Crippen LogP contribution in [0.5, 0.6) is 0 Å². The van der Waals surface area contributed by atoms with Crippen molar-refractivity contribution >= 4 is 34.3 Å². The van der Waals surface area contributed by atoms with Gasteiger partial charge in [0.05, 0.1) is 28.9 Å². The number of aliphatic hydroxyl groups is 1. The van der Waals surface area contributed by atoms with Gasteiger partial charge in [-0.25, -0.2) is 9.18 Å². The highest BCUT2D eigenvalue weighted by molar-refractivity contribution is 8.00. The van der Waals surface area contributed by atoms with Gasteiger partial charge in [-0.05, 0) is 35.9 Å². The van der Waals surface area contributed by atoms with Crippen LogP contribution in [0.4, 0.5) is 4.39 Å². The average molecular weight is 476 g/mol. The highest BCUT2D eigenvalue weighted by Gasteiger charge is 2.37. The third-order valence-electron chi connectivity index (χ3n) is 5.82. The first-order valence-corrected chi connectivity index (χ1v) is 11.2. The summed E-state index contributed by atoms with van der Waals surface area (Å²) >= 11 is 7.50. The molecule has 0 spiro atoms. The van der Waals surface area contributed by atoms with E-state index < -0.39 is 22.3 Å². The zero-order valence-corrected chi connectivity index (χ0v) is 18.8. The molecule has 10 heteroatoms. The Kier molecular flexibility index (Phi) is 5.07. The van der Waals surface area contributed by atoms with Crippen LogP contribution in [-0.2, 0) is 20.6 Å². The van der Waals surface area contributed by atoms with Gasteiger partial charge in [0.2, 0.25) is 0 Å². The van der Waals surface area contributed by atoms with Gasteiger partial charge < -0.3 is 14.1 Å². The van der Waals surface area contributed by atoms with E-state index in [0.29, 0.717) is 40.2 Å². The molecule has 0 saturated heterocycles. The molecule has 166 valence electrons. The fourth-order valence-corrected chi connectivity index (χ4v) is 5.89. The fourth-order valence-electron chi connectivity index (χ4n) is 4.41. The topological polar surface area (TPSA) is 82.3 Å². The van der Waals surface area contributed by atoms with E-state index in [1.54, 1.807) is 31.3 Å². The standard InChI is InChI=1S/C22H19ClFN3O4S/c1-25-18-16(21(29)26(2)22(25)30)17(11-4-3-5-12(24)8-11)27-9-13(10-28)32-20(19(18)27)14-6-7-15(23)31-14/h3-8,13,20,28H,9-10H2,1-2H3/t13-,20-/m1/s1. The smallest absolute Gasteiger partial charge is 0.331 e. The molecular weight excluding hydrogens is 457 g/mol. The number of benzene rings is 1. The lowest BCUT2D eigenvalue weighted by molar-refractivity contribution is 0.283. The lowest BCUT2D eigenvalue weighted by Gasteiger charge is -2.30. The van der Waals surface area contributed by atoms with E-state index in [4.69, 9.17) is 16.0 Å². The average Bonchev–Trinajstić information content (AvgIpc) is 3.37. The molecule has 0 amide bonds. The van der Waals surface area contributed by atoms with Crippen LogP contribution in [-0.4, -0.2) is 30.7 Å². The molecule has 4 aromatic rings. The number of aryl methyl sites for hydroxylation is 1. The molecule has 7 nitrogen and oxygen atoms in total. The number of furan rings is 1. The quantitative estimate of drug-likeness (QED) is 0.491. The minimum absolute atomic E-state index is 0.108. The minimum Gasteiger partial charge on any atom is -0.448 e. The van der Waals surface area contributed by atoms with Gasteiger partial charge in [-0.3, -0.25) is 13.9 Å². The van der Waals surface area contributed by atoms with Gasteiger partial charge in [-0.15, -0.1) is 11.8 Å². The third kappa shape index (κ3) is 3.07. The number of thioether (sulfide) groups is 1. The van der Waals surface area contributed by atoms with Gasteiger partial charge in [0, 0.05) is 31.5 Å². The summed E-state index contributed by atoms with van der Waals surface area (Å²) in [7, 11) is 3.03. The third-order valence-corrected chi connectivity index (χ3v) is 7.44. The zero-order chi connectivity index (χ0) is 22.7. The van der Waals surface area contributed by atoms with Crippen LogP contribution in [0.25, 0.3) is 22.2 Å². The number of aliphatic hydroxyl groups excluding tert-OH is 1. The Morgan fingerprint density at radius 2 is 2.00 bits per heavy atom. The minimum atomic E-state index is -0.467. The molecule has 0 aliphatic carbocycles. The first-order valence-electron chi connectivity index (χ1n) is 9.91. The number of hydrogen-bond donors (Lipinski definition) is 1. The predicted octanol–water partition coefficient (Wildman–Crippen LogP) is 3.29. The van der Waals surface area contributed by atoms with Gasteiger partial charge in [-0.1, -0.05) is 12.1 Å². The molecule has 5 rings (SSSR count). The van der Waals surface area contributed by atoms with Crippen LogP contribution in [0.15, 0.2) is 50.4 Å². The predicted molar refractivity (Wildman–Crippen MR) is 122 cm³/mol. The molecule has 1 aliphatic heterocycles. The molecule has 0 saturated carbocycles. The summed E-state index contributed by atoms with van der Waals surface area (Å²) < 4.78 is 24.3. The Hall–Kier alpha value is -2.75. The highest BCUT2D eigenvalue weighted by atomic mass is 35.5. The fraction of sp³-hybridized carbons (Fsp3) is 0.273. The second-order valence-corrected chi connectivity index (χ2v) is 9.53. The first kappa shape index (κ1) is 21.1. The van der Waals surface area contributed by atoms with E-state index in [0.717, 1.165) is 4.57 Å². The van der Waals surface area contributed by atoms with Crippen LogP contribution in [0.2, 0.25) is 5.22 Å². The zero-order valence-electron chi connectivity index (χ0n) is 17.2. The molecule has 3 aromatic heterocycles. The van der Waals surface area contributed by atoms with E-state index in [9.17, 15) is 19.1 Å². The second kappa shape index (κ2) is 7.68. The Morgan fingerprint density at radius 3 is 2.66 bits per heavy atom. The van der Waals surface area contributed by atoms with Crippen LogP contribution in [0.1, 0.15) is 16.7 Å². The summed E-state index contributed by atoms with van der Waals surface area (Å²) in [6.07, 6.45) is 0. The van der Waals surface area contributed by atoms with Crippen molar-refractivity contribution < 1.29 is 13.9 Å². The summed E-state index contributed by atoms with van der Waals surface area (Å²) in [5, 5.41) is 9.87. The highest BCUT2D eigenvalue weighted by Crippen LogP contribution is 2.49. The number of halogens is 2. The van der Waals surface area contributed by atoms with Crippen molar-refractivity contribution in [1.82, 2.24) is 13.7 Å². The van der Waals surface area contributed by atoms with Gasteiger partial charge in [0.25, 0.3) is 5.56 Å². The largest absolute Gasteiger partial charge is 0.448 e. The number of hydrogen-bond acceptors (Lipinski definition) is 5. The molecule has 1 N–H and O–H groups in total. The van der Waals surface area contributed by atoms with Crippen LogP contribution in [0, 0.1) is 5.82 Å². The molecule has 4 heterocycles. The molecule has 0 bridgehead atoms. The number of fused-ring (bicyclic) bond motifs is 3. The van der Waals surface area contributed by atoms with Crippen LogP contribution in [0.3, 0.4) is 0 Å². The Balaban J connectivity index is 1.97. The van der Waals surface area contributed by atoms with Crippen molar-refractivity contribution in [3.63, 3.8) is 0 Å².